The highest BCUT2D eigenvalue weighted by atomic mass is 35.5. The number of esters is 1. The largest absolute Gasteiger partial charge is 0.491 e. The van der Waals surface area contributed by atoms with Gasteiger partial charge in [-0.05, 0) is 41.8 Å². The molecule has 1 aliphatic rings. The summed E-state index contributed by atoms with van der Waals surface area (Å²) in [5.41, 5.74) is 9.02. The van der Waals surface area contributed by atoms with Crippen LogP contribution in [-0.2, 0) is 14.3 Å². The number of nitrogen functional groups attached to an aromatic ring is 1. The highest BCUT2D eigenvalue weighted by Crippen LogP contribution is 2.33. The second-order valence-electron chi connectivity index (χ2n) is 8.24. The predicted molar refractivity (Wildman–Crippen MR) is 142 cm³/mol. The van der Waals surface area contributed by atoms with Gasteiger partial charge < -0.3 is 25.6 Å². The number of nitrogens with zero attached hydrogens (tertiary/aromatic N) is 1. The smallest absolute Gasteiger partial charge is 0.306 e. The minimum Gasteiger partial charge on any atom is -0.491 e. The number of ether oxygens (including phenoxy) is 2. The topological polar surface area (TPSA) is 137 Å². The van der Waals surface area contributed by atoms with Gasteiger partial charge in [0.15, 0.2) is 0 Å². The molecular formula is C27H30ClN3O5. The number of methoxy groups -OCH3 is 1. The van der Waals surface area contributed by atoms with Crippen molar-refractivity contribution in [3.63, 3.8) is 0 Å². The molecule has 1 aliphatic heterocycles. The zero-order valence-electron chi connectivity index (χ0n) is 19.8. The fourth-order valence-electron chi connectivity index (χ4n) is 4.21. The Labute approximate surface area is 216 Å². The number of anilines is 1. The molecule has 0 aliphatic carbocycles. The Kier molecular flexibility index (Phi) is 10.0. The van der Waals surface area contributed by atoms with Gasteiger partial charge in [0.25, 0.3) is 0 Å². The molecule has 8 nitrogen and oxygen atoms in total. The molecule has 0 spiro atoms. The van der Waals surface area contributed by atoms with Gasteiger partial charge in [-0.2, -0.15) is 0 Å². The van der Waals surface area contributed by atoms with Gasteiger partial charge in [-0.1, -0.05) is 54.6 Å². The van der Waals surface area contributed by atoms with Crippen LogP contribution in [0.3, 0.4) is 0 Å². The number of rotatable bonds is 8. The molecule has 0 bridgehead atoms. The molecule has 3 aromatic rings. The van der Waals surface area contributed by atoms with Crippen molar-refractivity contribution in [3.8, 4) is 16.9 Å². The molecule has 5 N–H and O–H groups in total. The average molecular weight is 512 g/mol. The van der Waals surface area contributed by atoms with Crippen LogP contribution in [0, 0.1) is 11.3 Å². The first-order chi connectivity index (χ1) is 16.5. The van der Waals surface area contributed by atoms with Crippen molar-refractivity contribution in [1.82, 2.24) is 0 Å². The highest BCUT2D eigenvalue weighted by Gasteiger charge is 2.41. The van der Waals surface area contributed by atoms with Crippen molar-refractivity contribution in [1.29, 1.82) is 5.41 Å². The summed E-state index contributed by atoms with van der Waals surface area (Å²) >= 11 is 0. The number of halogens is 1. The first-order valence-electron chi connectivity index (χ1n) is 11.1. The molecule has 190 valence electrons. The van der Waals surface area contributed by atoms with E-state index in [9.17, 15) is 9.59 Å². The van der Waals surface area contributed by atoms with Crippen molar-refractivity contribution < 1.29 is 24.5 Å². The number of benzene rings is 3. The van der Waals surface area contributed by atoms with Crippen LogP contribution in [0.25, 0.3) is 11.1 Å². The quantitative estimate of drug-likeness (QED) is 0.270. The third-order valence-electron chi connectivity index (χ3n) is 6.01. The van der Waals surface area contributed by atoms with Gasteiger partial charge in [0.05, 0.1) is 25.5 Å². The van der Waals surface area contributed by atoms with Gasteiger partial charge in [-0.25, -0.2) is 0 Å². The Balaban J connectivity index is 0.00000228. The van der Waals surface area contributed by atoms with Gasteiger partial charge >= 0.3 is 5.97 Å². The van der Waals surface area contributed by atoms with E-state index in [4.69, 9.17) is 20.6 Å². The Bertz CT molecular complexity index is 1170. The summed E-state index contributed by atoms with van der Waals surface area (Å²) in [5.74, 6) is -0.170. The molecule has 0 saturated carbocycles. The van der Waals surface area contributed by atoms with Gasteiger partial charge in [-0.15, -0.1) is 12.4 Å². The van der Waals surface area contributed by atoms with Crippen molar-refractivity contribution in [2.75, 3.05) is 18.6 Å². The first kappa shape index (κ1) is 28.4. The van der Waals surface area contributed by atoms with E-state index in [-0.39, 0.29) is 48.1 Å². The van der Waals surface area contributed by atoms with E-state index in [1.165, 1.54) is 7.11 Å². The second-order valence-corrected chi connectivity index (χ2v) is 8.24. The van der Waals surface area contributed by atoms with Crippen molar-refractivity contribution in [2.45, 2.75) is 18.9 Å². The summed E-state index contributed by atoms with van der Waals surface area (Å²) in [6, 6.07) is 24.5. The molecular weight excluding hydrogens is 482 g/mol. The number of carbonyl (C=O) groups is 2. The van der Waals surface area contributed by atoms with E-state index in [1.54, 1.807) is 4.90 Å². The minimum absolute atomic E-state index is 0. The Morgan fingerprint density at radius 2 is 1.58 bits per heavy atom. The van der Waals surface area contributed by atoms with Gasteiger partial charge in [0, 0.05) is 11.3 Å². The maximum Gasteiger partial charge on any atom is 0.306 e. The van der Waals surface area contributed by atoms with Gasteiger partial charge in [0.2, 0.25) is 5.91 Å². The lowest BCUT2D eigenvalue weighted by Gasteiger charge is -2.25. The van der Waals surface area contributed by atoms with Gasteiger partial charge in [-0.3, -0.25) is 15.0 Å². The molecule has 1 amide bonds. The second kappa shape index (κ2) is 12.7. The van der Waals surface area contributed by atoms with E-state index in [1.807, 2.05) is 78.9 Å². The van der Waals surface area contributed by atoms with Gasteiger partial charge in [0.1, 0.15) is 18.2 Å². The molecule has 36 heavy (non-hydrogen) atoms. The summed E-state index contributed by atoms with van der Waals surface area (Å²) < 4.78 is 10.8. The molecule has 3 aromatic carbocycles. The van der Waals surface area contributed by atoms with Crippen LogP contribution in [-0.4, -0.2) is 42.9 Å². The Hall–Kier alpha value is -3.88. The number of hydrogen-bond acceptors (Lipinski definition) is 5. The van der Waals surface area contributed by atoms with Crippen LogP contribution in [0.4, 0.5) is 5.69 Å². The number of nitrogens with two attached hydrogens (primary N) is 1. The standard InChI is InChI=1S/C27H27N3O4.ClH.H2O/c1-33-25(31)16-21-15-23(30(27(21)32)22-5-3-2-4-6-22)17-34-24-13-11-19(12-14-24)18-7-9-20(10-8-18)26(28)29;;/h2-14,21,23H,15-17H2,1H3,(H3,28,29);1H;1H2/t21-,23-;;/m0../s1. The average Bonchev–Trinajstić information content (AvgIpc) is 3.18. The fraction of sp³-hybridized carbons (Fsp3) is 0.222. The number of nitrogens with one attached hydrogen (secondary N) is 1. The van der Waals surface area contributed by atoms with Crippen LogP contribution in [0.1, 0.15) is 18.4 Å². The summed E-state index contributed by atoms with van der Waals surface area (Å²) in [7, 11) is 1.33. The number of amidine groups is 1. The van der Waals surface area contributed by atoms with Crippen LogP contribution in [0.5, 0.6) is 5.75 Å². The van der Waals surface area contributed by atoms with Crippen molar-refractivity contribution >= 4 is 35.8 Å². The first-order valence-corrected chi connectivity index (χ1v) is 11.1. The Morgan fingerprint density at radius 3 is 2.14 bits per heavy atom. The monoisotopic (exact) mass is 511 g/mol. The third kappa shape index (κ3) is 6.41. The van der Waals surface area contributed by atoms with E-state index < -0.39 is 5.92 Å². The van der Waals surface area contributed by atoms with E-state index in [0.29, 0.717) is 24.3 Å². The number of carbonyl (C=O) groups excluding carboxylic acids is 2. The molecule has 0 unspecified atom stereocenters. The lowest BCUT2D eigenvalue weighted by atomic mass is 10.0. The maximum absolute atomic E-state index is 13.1. The third-order valence-corrected chi connectivity index (χ3v) is 6.01. The summed E-state index contributed by atoms with van der Waals surface area (Å²) in [6.45, 7) is 0.310. The van der Waals surface area contributed by atoms with E-state index in [0.717, 1.165) is 16.8 Å². The lowest BCUT2D eigenvalue weighted by Crippen LogP contribution is -2.37. The predicted octanol–water partition coefficient (Wildman–Crippen LogP) is 3.60. The van der Waals surface area contributed by atoms with Crippen LogP contribution in [0.2, 0.25) is 0 Å². The van der Waals surface area contributed by atoms with E-state index in [2.05, 4.69) is 0 Å². The molecule has 1 saturated heterocycles. The molecule has 1 heterocycles. The number of para-hydroxylation sites is 1. The molecule has 2 atom stereocenters. The molecule has 0 aromatic heterocycles. The summed E-state index contributed by atoms with van der Waals surface area (Å²) in [4.78, 5) is 26.6. The highest BCUT2D eigenvalue weighted by molar-refractivity contribution is 5.99. The molecule has 0 radical (unpaired) electrons. The molecule has 4 rings (SSSR count). The normalized spacial score (nSPS) is 16.5. The summed E-state index contributed by atoms with van der Waals surface area (Å²) in [6.07, 6.45) is 0.579. The number of hydrogen-bond donors (Lipinski definition) is 2. The van der Waals surface area contributed by atoms with Crippen LogP contribution in [0.15, 0.2) is 78.9 Å². The fourth-order valence-corrected chi connectivity index (χ4v) is 4.21. The zero-order chi connectivity index (χ0) is 24.1. The molecule has 9 heteroatoms. The Morgan fingerprint density at radius 1 is 1.00 bits per heavy atom. The van der Waals surface area contributed by atoms with Crippen LogP contribution >= 0.6 is 12.4 Å². The van der Waals surface area contributed by atoms with Crippen LogP contribution < -0.4 is 15.4 Å². The SMILES string of the molecule is COC(=O)C[C@@H]1C[C@@H](COc2ccc(-c3ccc(C(=N)N)cc3)cc2)N(c2ccccc2)C1=O.Cl.O. The van der Waals surface area contributed by atoms with E-state index >= 15 is 0 Å². The van der Waals surface area contributed by atoms with Crippen molar-refractivity contribution in [3.05, 3.63) is 84.4 Å². The summed E-state index contributed by atoms with van der Waals surface area (Å²) in [5, 5.41) is 7.51. The van der Waals surface area contributed by atoms with Crippen molar-refractivity contribution in [2.24, 2.45) is 11.7 Å². The zero-order valence-corrected chi connectivity index (χ0v) is 20.7. The lowest BCUT2D eigenvalue weighted by molar-refractivity contribution is -0.143. The number of amides is 1. The molecule has 1 fully saturated rings. The minimum atomic E-state index is -0.429. The maximum atomic E-state index is 13.1.